The van der Waals surface area contributed by atoms with Crippen molar-refractivity contribution < 1.29 is 4.42 Å². The van der Waals surface area contributed by atoms with Crippen molar-refractivity contribution in [3.05, 3.63) is 255 Å². The molecule has 0 amide bonds. The van der Waals surface area contributed by atoms with E-state index in [0.29, 0.717) is 0 Å². The molecule has 0 fully saturated rings. The van der Waals surface area contributed by atoms with E-state index < -0.39 is 0 Å². The summed E-state index contributed by atoms with van der Waals surface area (Å²) < 4.78 is 8.78. The van der Waals surface area contributed by atoms with Crippen LogP contribution in [0.25, 0.3) is 105 Å². The fourth-order valence-electron chi connectivity index (χ4n) is 10.2. The standard InChI is InChI=1S/C64H42N2O/c1-2-15-48-42-49(33-32-43(48)14-1)52-16-3-8-22-58(52)65(61-25-11-6-19-55(61)56-21-13-27-63-64(56)57-20-7-12-26-62(57)67-63)50-38-34-46(35-39-50)44-28-30-45(31-29-44)47-36-40-51(41-37-47)66-59-23-9-4-17-53(59)54-18-5-10-24-60(54)66/h1-42H. The highest BCUT2D eigenvalue weighted by Crippen LogP contribution is 2.47. The predicted octanol–water partition coefficient (Wildman–Crippen LogP) is 18.0. The molecule has 2 aromatic heterocycles. The second-order valence-corrected chi connectivity index (χ2v) is 17.2. The molecular formula is C64H42N2O. The fourth-order valence-corrected chi connectivity index (χ4v) is 10.2. The first-order valence-electron chi connectivity index (χ1n) is 22.9. The van der Waals surface area contributed by atoms with Crippen LogP contribution in [-0.4, -0.2) is 4.57 Å². The molecule has 13 aromatic rings. The molecule has 67 heavy (non-hydrogen) atoms. The molecule has 314 valence electrons. The van der Waals surface area contributed by atoms with Crippen LogP contribution in [0.1, 0.15) is 0 Å². The summed E-state index contributed by atoms with van der Waals surface area (Å²) in [6.07, 6.45) is 0. The highest BCUT2D eigenvalue weighted by Gasteiger charge is 2.23. The number of hydrogen-bond acceptors (Lipinski definition) is 2. The van der Waals surface area contributed by atoms with E-state index in [1.54, 1.807) is 0 Å². The molecule has 0 unspecified atom stereocenters. The third-order valence-electron chi connectivity index (χ3n) is 13.4. The molecule has 0 N–H and O–H groups in total. The molecule has 0 bridgehead atoms. The second kappa shape index (κ2) is 16.0. The largest absolute Gasteiger partial charge is 0.456 e. The quantitative estimate of drug-likeness (QED) is 0.152. The van der Waals surface area contributed by atoms with E-state index in [4.69, 9.17) is 4.42 Å². The Kier molecular flexibility index (Phi) is 9.17. The van der Waals surface area contributed by atoms with Crippen molar-refractivity contribution in [3.63, 3.8) is 0 Å². The van der Waals surface area contributed by atoms with Crippen LogP contribution < -0.4 is 4.90 Å². The highest BCUT2D eigenvalue weighted by atomic mass is 16.3. The summed E-state index contributed by atoms with van der Waals surface area (Å²) >= 11 is 0. The van der Waals surface area contributed by atoms with E-state index in [1.165, 1.54) is 49.3 Å². The number of rotatable bonds is 8. The maximum Gasteiger partial charge on any atom is 0.136 e. The molecule has 0 saturated heterocycles. The number of aromatic nitrogens is 1. The summed E-state index contributed by atoms with van der Waals surface area (Å²) in [4.78, 5) is 2.43. The Morgan fingerprint density at radius 2 is 0.791 bits per heavy atom. The Balaban J connectivity index is 0.884. The second-order valence-electron chi connectivity index (χ2n) is 17.2. The van der Waals surface area contributed by atoms with Gasteiger partial charge in [-0.2, -0.15) is 0 Å². The van der Waals surface area contributed by atoms with Gasteiger partial charge in [0.25, 0.3) is 0 Å². The molecular weight excluding hydrogens is 813 g/mol. The van der Waals surface area contributed by atoms with Gasteiger partial charge in [0.2, 0.25) is 0 Å². The minimum Gasteiger partial charge on any atom is -0.456 e. The first kappa shape index (κ1) is 38.5. The lowest BCUT2D eigenvalue weighted by Crippen LogP contribution is -2.12. The van der Waals surface area contributed by atoms with E-state index in [-0.39, 0.29) is 0 Å². The van der Waals surface area contributed by atoms with Gasteiger partial charge in [0.1, 0.15) is 11.2 Å². The number of hydrogen-bond donors (Lipinski definition) is 0. The van der Waals surface area contributed by atoms with Gasteiger partial charge in [-0.3, -0.25) is 0 Å². The number of furan rings is 1. The molecule has 13 rings (SSSR count). The maximum atomic E-state index is 6.41. The lowest BCUT2D eigenvalue weighted by molar-refractivity contribution is 0.669. The molecule has 2 heterocycles. The van der Waals surface area contributed by atoms with Gasteiger partial charge < -0.3 is 13.9 Å². The SMILES string of the molecule is c1ccc(N(c2ccc(-c3ccc(-c4ccc(-n5c6ccccc6c6ccccc65)cc4)cc3)cc2)c2ccccc2-c2cccc3oc4ccccc4c23)c(-c2ccc3ccccc3c2)c1. The van der Waals surface area contributed by atoms with Crippen LogP contribution in [0.2, 0.25) is 0 Å². The molecule has 0 saturated carbocycles. The number of nitrogens with zero attached hydrogens (tertiary/aromatic N) is 2. The van der Waals surface area contributed by atoms with Gasteiger partial charge in [0.05, 0.1) is 22.4 Å². The summed E-state index contributed by atoms with van der Waals surface area (Å²) in [5.74, 6) is 0. The van der Waals surface area contributed by atoms with Crippen molar-refractivity contribution in [2.24, 2.45) is 0 Å². The van der Waals surface area contributed by atoms with Gasteiger partial charge >= 0.3 is 0 Å². The van der Waals surface area contributed by atoms with Crippen molar-refractivity contribution >= 4 is 71.6 Å². The number of anilines is 3. The lowest BCUT2D eigenvalue weighted by Gasteiger charge is -2.30. The number of fused-ring (bicyclic) bond motifs is 7. The third-order valence-corrected chi connectivity index (χ3v) is 13.4. The summed E-state index contributed by atoms with van der Waals surface area (Å²) in [7, 11) is 0. The summed E-state index contributed by atoms with van der Waals surface area (Å²) in [6.45, 7) is 0. The van der Waals surface area contributed by atoms with Crippen LogP contribution in [-0.2, 0) is 0 Å². The van der Waals surface area contributed by atoms with Crippen molar-refractivity contribution in [2.45, 2.75) is 0 Å². The summed E-state index contributed by atoms with van der Waals surface area (Å²) in [5, 5.41) is 7.21. The van der Waals surface area contributed by atoms with Crippen molar-refractivity contribution in [2.75, 3.05) is 4.90 Å². The van der Waals surface area contributed by atoms with Gasteiger partial charge in [-0.05, 0) is 111 Å². The average molecular weight is 855 g/mol. The van der Waals surface area contributed by atoms with Crippen LogP contribution in [0.3, 0.4) is 0 Å². The normalized spacial score (nSPS) is 11.6. The van der Waals surface area contributed by atoms with Crippen LogP contribution >= 0.6 is 0 Å². The van der Waals surface area contributed by atoms with Crippen molar-refractivity contribution in [3.8, 4) is 50.2 Å². The highest BCUT2D eigenvalue weighted by molar-refractivity contribution is 6.14. The van der Waals surface area contributed by atoms with Gasteiger partial charge in [-0.25, -0.2) is 0 Å². The Hall–Kier alpha value is -8.92. The van der Waals surface area contributed by atoms with E-state index in [0.717, 1.165) is 72.5 Å². The zero-order valence-electron chi connectivity index (χ0n) is 36.6. The molecule has 11 aromatic carbocycles. The van der Waals surface area contributed by atoms with Crippen molar-refractivity contribution in [1.82, 2.24) is 4.57 Å². The predicted molar refractivity (Wildman–Crippen MR) is 282 cm³/mol. The molecule has 0 atom stereocenters. The minimum absolute atomic E-state index is 0.878. The molecule has 0 radical (unpaired) electrons. The van der Waals surface area contributed by atoms with Gasteiger partial charge in [0.15, 0.2) is 0 Å². The smallest absolute Gasteiger partial charge is 0.136 e. The molecule has 0 spiro atoms. The van der Waals surface area contributed by atoms with Crippen LogP contribution in [0, 0.1) is 0 Å². The summed E-state index contributed by atoms with van der Waals surface area (Å²) in [6, 6.07) is 91.9. The number of benzene rings is 11. The van der Waals surface area contributed by atoms with Gasteiger partial charge in [0, 0.05) is 44.0 Å². The van der Waals surface area contributed by atoms with Crippen LogP contribution in [0.5, 0.6) is 0 Å². The van der Waals surface area contributed by atoms with E-state index >= 15 is 0 Å². The average Bonchev–Trinajstić information content (AvgIpc) is 3.96. The lowest BCUT2D eigenvalue weighted by atomic mass is 9.95. The Morgan fingerprint density at radius 3 is 1.48 bits per heavy atom. The molecule has 0 aliphatic rings. The van der Waals surface area contributed by atoms with Crippen LogP contribution in [0.4, 0.5) is 17.1 Å². The maximum absolute atomic E-state index is 6.41. The third kappa shape index (κ3) is 6.59. The van der Waals surface area contributed by atoms with Gasteiger partial charge in [-0.1, -0.05) is 188 Å². The first-order valence-corrected chi connectivity index (χ1v) is 22.9. The first-order chi connectivity index (χ1) is 33.2. The monoisotopic (exact) mass is 854 g/mol. The zero-order chi connectivity index (χ0) is 44.3. The van der Waals surface area contributed by atoms with Gasteiger partial charge in [-0.15, -0.1) is 0 Å². The van der Waals surface area contributed by atoms with Crippen molar-refractivity contribution in [1.29, 1.82) is 0 Å². The number of para-hydroxylation sites is 5. The summed E-state index contributed by atoms with van der Waals surface area (Å²) in [5.41, 5.74) is 17.8. The Bertz CT molecular complexity index is 3920. The molecule has 0 aliphatic carbocycles. The van der Waals surface area contributed by atoms with E-state index in [2.05, 4.69) is 258 Å². The zero-order valence-corrected chi connectivity index (χ0v) is 36.6. The molecule has 3 heteroatoms. The molecule has 3 nitrogen and oxygen atoms in total. The topological polar surface area (TPSA) is 21.3 Å². The molecule has 0 aliphatic heterocycles. The Labute approximate surface area is 388 Å². The minimum atomic E-state index is 0.878. The van der Waals surface area contributed by atoms with E-state index in [9.17, 15) is 0 Å². The fraction of sp³-hybridized carbons (Fsp3) is 0. The Morgan fingerprint density at radius 1 is 0.313 bits per heavy atom. The van der Waals surface area contributed by atoms with E-state index in [1.807, 2.05) is 6.07 Å². The van der Waals surface area contributed by atoms with Crippen LogP contribution in [0.15, 0.2) is 259 Å².